The lowest BCUT2D eigenvalue weighted by atomic mass is 10.1. The number of carbonyl (C=O) groups is 2. The molecule has 0 spiro atoms. The summed E-state index contributed by atoms with van der Waals surface area (Å²) >= 11 is 0. The smallest absolute Gasteiger partial charge is 0.379 e. The molecule has 13 heteroatoms. The molecule has 2 heterocycles. The van der Waals surface area contributed by atoms with Crippen LogP contribution in [0.2, 0.25) is 0 Å². The molecule has 0 aliphatic carbocycles. The number of nitrogens with one attached hydrogen (secondary N) is 2. The predicted octanol–water partition coefficient (Wildman–Crippen LogP) is 5.19. The Morgan fingerprint density at radius 3 is 2.46 bits per heavy atom. The first-order valence-corrected chi connectivity index (χ1v) is 13.1. The number of benzene rings is 2. The fourth-order valence-corrected chi connectivity index (χ4v) is 4.25. The fraction of sp³-hybridized carbons (Fsp3) is 0.357. The standard InChI is InChI=1S/C28H32F3N7O3/c1-4-10-38(37-11-13-41-14-12-37)25-17-24(32-18-33-25)36(3)27(40)35-23-16-22(9-8-19(23)2)34-26(39)20-6-5-7-21(15-20)28(29,30)31/h5-9,15-18H,4,10-14H2,1-3H3,(H,34,39)(H,35,40). The van der Waals surface area contributed by atoms with Gasteiger partial charge in [0.1, 0.15) is 18.0 Å². The number of anilines is 4. The maximum Gasteiger partial charge on any atom is 0.416 e. The van der Waals surface area contributed by atoms with Crippen molar-refractivity contribution in [3.8, 4) is 0 Å². The number of carbonyl (C=O) groups excluding carboxylic acids is 2. The number of hydrogen-bond donors (Lipinski definition) is 2. The zero-order valence-electron chi connectivity index (χ0n) is 23.0. The van der Waals surface area contributed by atoms with Crippen molar-refractivity contribution in [2.24, 2.45) is 0 Å². The minimum Gasteiger partial charge on any atom is -0.379 e. The summed E-state index contributed by atoms with van der Waals surface area (Å²) in [6.45, 7) is 7.31. The van der Waals surface area contributed by atoms with Crippen LogP contribution in [-0.4, -0.2) is 66.8 Å². The van der Waals surface area contributed by atoms with Crippen LogP contribution >= 0.6 is 0 Å². The molecule has 10 nitrogen and oxygen atoms in total. The number of rotatable bonds is 8. The molecule has 0 bridgehead atoms. The van der Waals surface area contributed by atoms with E-state index in [0.29, 0.717) is 41.8 Å². The summed E-state index contributed by atoms with van der Waals surface area (Å²) in [7, 11) is 1.58. The highest BCUT2D eigenvalue weighted by atomic mass is 19.4. The minimum absolute atomic E-state index is 0.139. The Balaban J connectivity index is 1.47. The highest BCUT2D eigenvalue weighted by molar-refractivity contribution is 6.05. The van der Waals surface area contributed by atoms with Crippen molar-refractivity contribution in [1.29, 1.82) is 0 Å². The number of aryl methyl sites for hydroxylation is 1. The summed E-state index contributed by atoms with van der Waals surface area (Å²) in [5, 5.41) is 9.64. The molecule has 3 aromatic rings. The Morgan fingerprint density at radius 1 is 1.02 bits per heavy atom. The number of nitrogens with zero attached hydrogens (tertiary/aromatic N) is 5. The number of aromatic nitrogens is 2. The van der Waals surface area contributed by atoms with E-state index in [1.54, 1.807) is 38.2 Å². The molecular weight excluding hydrogens is 539 g/mol. The molecule has 1 fully saturated rings. The molecule has 1 aromatic heterocycles. The van der Waals surface area contributed by atoms with E-state index in [1.165, 1.54) is 23.4 Å². The van der Waals surface area contributed by atoms with Crippen LogP contribution in [0.15, 0.2) is 54.9 Å². The molecule has 0 unspecified atom stereocenters. The van der Waals surface area contributed by atoms with Crippen LogP contribution in [0.5, 0.6) is 0 Å². The van der Waals surface area contributed by atoms with Gasteiger partial charge in [-0.3, -0.25) is 14.7 Å². The molecular formula is C28H32F3N7O3. The maximum absolute atomic E-state index is 13.2. The first kappa shape index (κ1) is 29.7. The summed E-state index contributed by atoms with van der Waals surface area (Å²) in [4.78, 5) is 35.9. The van der Waals surface area contributed by atoms with Crippen molar-refractivity contribution in [1.82, 2.24) is 15.0 Å². The number of alkyl halides is 3. The zero-order valence-corrected chi connectivity index (χ0v) is 23.0. The van der Waals surface area contributed by atoms with E-state index in [0.717, 1.165) is 38.2 Å². The summed E-state index contributed by atoms with van der Waals surface area (Å²) < 4.78 is 44.6. The van der Waals surface area contributed by atoms with Crippen molar-refractivity contribution in [2.75, 3.05) is 60.4 Å². The molecule has 1 aliphatic heterocycles. The molecule has 1 aliphatic rings. The monoisotopic (exact) mass is 571 g/mol. The molecule has 2 aromatic carbocycles. The molecule has 4 rings (SSSR count). The number of amides is 3. The van der Waals surface area contributed by atoms with Crippen LogP contribution in [0.25, 0.3) is 0 Å². The van der Waals surface area contributed by atoms with Gasteiger partial charge in [-0.2, -0.15) is 13.2 Å². The first-order valence-electron chi connectivity index (χ1n) is 13.1. The average molecular weight is 572 g/mol. The lowest BCUT2D eigenvalue weighted by Gasteiger charge is -2.38. The Bertz CT molecular complexity index is 1380. The third-order valence-electron chi connectivity index (χ3n) is 6.50. The van der Waals surface area contributed by atoms with Crippen molar-refractivity contribution >= 4 is 34.9 Å². The van der Waals surface area contributed by atoms with Crippen molar-refractivity contribution in [2.45, 2.75) is 26.4 Å². The van der Waals surface area contributed by atoms with E-state index in [-0.39, 0.29) is 5.56 Å². The third kappa shape index (κ3) is 7.50. The highest BCUT2D eigenvalue weighted by Crippen LogP contribution is 2.30. The summed E-state index contributed by atoms with van der Waals surface area (Å²) in [6, 6.07) is 10.3. The van der Waals surface area contributed by atoms with Crippen LogP contribution in [0.4, 0.5) is 41.0 Å². The van der Waals surface area contributed by atoms with E-state index in [4.69, 9.17) is 4.74 Å². The molecule has 2 N–H and O–H groups in total. The van der Waals surface area contributed by atoms with Crippen LogP contribution in [0, 0.1) is 6.92 Å². The second-order valence-electron chi connectivity index (χ2n) is 9.48. The Labute approximate surface area is 236 Å². The first-order chi connectivity index (χ1) is 19.6. The van der Waals surface area contributed by atoms with Gasteiger partial charge in [0.15, 0.2) is 0 Å². The van der Waals surface area contributed by atoms with Crippen LogP contribution in [0.1, 0.15) is 34.8 Å². The van der Waals surface area contributed by atoms with Gasteiger partial charge in [0.05, 0.1) is 18.8 Å². The Hall–Kier alpha value is -4.23. The largest absolute Gasteiger partial charge is 0.416 e. The molecule has 41 heavy (non-hydrogen) atoms. The van der Waals surface area contributed by atoms with Crippen LogP contribution in [-0.2, 0) is 10.9 Å². The number of ether oxygens (including phenoxy) is 1. The van der Waals surface area contributed by atoms with E-state index in [1.807, 2.05) is 0 Å². The second kappa shape index (κ2) is 13.0. The van der Waals surface area contributed by atoms with E-state index >= 15 is 0 Å². The van der Waals surface area contributed by atoms with Gasteiger partial charge in [0, 0.05) is 49.7 Å². The van der Waals surface area contributed by atoms with E-state index in [9.17, 15) is 22.8 Å². The van der Waals surface area contributed by atoms with Crippen LogP contribution in [0.3, 0.4) is 0 Å². The van der Waals surface area contributed by atoms with Gasteiger partial charge in [-0.1, -0.05) is 19.1 Å². The molecule has 0 atom stereocenters. The Kier molecular flexibility index (Phi) is 9.40. The van der Waals surface area contributed by atoms with Gasteiger partial charge >= 0.3 is 12.2 Å². The Morgan fingerprint density at radius 2 is 1.76 bits per heavy atom. The van der Waals surface area contributed by atoms with Gasteiger partial charge < -0.3 is 15.4 Å². The molecule has 218 valence electrons. The summed E-state index contributed by atoms with van der Waals surface area (Å²) in [5.41, 5.74) is 0.383. The number of halogens is 3. The molecule has 0 radical (unpaired) electrons. The van der Waals surface area contributed by atoms with E-state index in [2.05, 4.69) is 37.5 Å². The quantitative estimate of drug-likeness (QED) is 0.384. The fourth-order valence-electron chi connectivity index (χ4n) is 4.25. The number of hydrazine groups is 1. The zero-order chi connectivity index (χ0) is 29.6. The minimum atomic E-state index is -4.56. The van der Waals surface area contributed by atoms with Crippen molar-refractivity contribution in [3.05, 3.63) is 71.5 Å². The topological polar surface area (TPSA) is 103 Å². The molecule has 0 saturated carbocycles. The highest BCUT2D eigenvalue weighted by Gasteiger charge is 2.31. The van der Waals surface area contributed by atoms with Gasteiger partial charge in [-0.05, 0) is 49.2 Å². The SMILES string of the molecule is CCCN(c1cc(N(C)C(=O)Nc2cc(NC(=O)c3cccc(C(F)(F)F)c3)ccc2C)ncn1)N1CCOCC1. The lowest BCUT2D eigenvalue weighted by Crippen LogP contribution is -2.49. The van der Waals surface area contributed by atoms with Crippen LogP contribution < -0.4 is 20.5 Å². The second-order valence-corrected chi connectivity index (χ2v) is 9.48. The normalized spacial score (nSPS) is 13.9. The summed E-state index contributed by atoms with van der Waals surface area (Å²) in [6.07, 6.45) is -2.26. The number of morpholine rings is 1. The van der Waals surface area contributed by atoms with Crippen molar-refractivity contribution < 1.29 is 27.5 Å². The lowest BCUT2D eigenvalue weighted by molar-refractivity contribution is -0.137. The van der Waals surface area contributed by atoms with Gasteiger partial charge in [0.25, 0.3) is 5.91 Å². The van der Waals surface area contributed by atoms with E-state index < -0.39 is 23.7 Å². The molecule has 3 amide bonds. The van der Waals surface area contributed by atoms with Gasteiger partial charge in [-0.25, -0.2) is 19.8 Å². The predicted molar refractivity (Wildman–Crippen MR) is 150 cm³/mol. The van der Waals surface area contributed by atoms with Gasteiger partial charge in [0.2, 0.25) is 0 Å². The van der Waals surface area contributed by atoms with Gasteiger partial charge in [-0.15, -0.1) is 0 Å². The maximum atomic E-state index is 13.2. The molecule has 1 saturated heterocycles. The number of urea groups is 1. The third-order valence-corrected chi connectivity index (χ3v) is 6.50. The summed E-state index contributed by atoms with van der Waals surface area (Å²) in [5.74, 6) is 0.335. The average Bonchev–Trinajstić information content (AvgIpc) is 2.97. The number of hydrogen-bond acceptors (Lipinski definition) is 7. The van der Waals surface area contributed by atoms with Crippen molar-refractivity contribution in [3.63, 3.8) is 0 Å².